The zero-order valence-corrected chi connectivity index (χ0v) is 15.7. The van der Waals surface area contributed by atoms with E-state index in [-0.39, 0.29) is 23.6 Å². The van der Waals surface area contributed by atoms with Crippen LogP contribution in [-0.4, -0.2) is 28.7 Å². The molecule has 27 heavy (non-hydrogen) atoms. The van der Waals surface area contributed by atoms with Gasteiger partial charge in [-0.3, -0.25) is 14.4 Å². The van der Waals surface area contributed by atoms with E-state index in [1.807, 2.05) is 32.0 Å². The number of amides is 3. The topological polar surface area (TPSA) is 78.5 Å². The Morgan fingerprint density at radius 3 is 2.11 bits per heavy atom. The van der Waals surface area contributed by atoms with Crippen LogP contribution in [0.5, 0.6) is 0 Å². The smallest absolute Gasteiger partial charge is 0.255 e. The van der Waals surface area contributed by atoms with E-state index in [4.69, 9.17) is 0 Å². The van der Waals surface area contributed by atoms with E-state index in [2.05, 4.69) is 10.6 Å². The number of hydrogen-bond acceptors (Lipinski definition) is 3. The summed E-state index contributed by atoms with van der Waals surface area (Å²) in [6.07, 6.45) is 0. The summed E-state index contributed by atoms with van der Waals surface area (Å²) in [5.74, 6) is -0.528. The van der Waals surface area contributed by atoms with Crippen LogP contribution in [0.2, 0.25) is 0 Å². The number of hydrogen-bond donors (Lipinski definition) is 2. The molecule has 0 saturated heterocycles. The minimum absolute atomic E-state index is 0.0399. The summed E-state index contributed by atoms with van der Waals surface area (Å²) in [6.45, 7) is 5.74. The molecule has 0 unspecified atom stereocenters. The molecule has 0 saturated carbocycles. The molecule has 6 nitrogen and oxygen atoms in total. The summed E-state index contributed by atoms with van der Waals surface area (Å²) in [7, 11) is 0. The molecule has 0 spiro atoms. The van der Waals surface area contributed by atoms with Crippen molar-refractivity contribution in [2.24, 2.45) is 5.92 Å². The first kappa shape index (κ1) is 18.6. The van der Waals surface area contributed by atoms with Crippen LogP contribution in [0, 0.1) is 5.92 Å². The van der Waals surface area contributed by atoms with Crippen molar-refractivity contribution in [1.29, 1.82) is 0 Å². The van der Waals surface area contributed by atoms with Gasteiger partial charge >= 0.3 is 0 Å². The van der Waals surface area contributed by atoms with Crippen molar-refractivity contribution in [1.82, 2.24) is 4.90 Å². The lowest BCUT2D eigenvalue weighted by atomic mass is 10.0. The second-order valence-electron chi connectivity index (χ2n) is 7.03. The molecule has 3 rings (SSSR count). The highest BCUT2D eigenvalue weighted by Gasteiger charge is 2.37. The summed E-state index contributed by atoms with van der Waals surface area (Å²) < 4.78 is 0. The number of carbonyl (C=O) groups excluding carboxylic acids is 3. The molecular weight excluding hydrogens is 342 g/mol. The monoisotopic (exact) mass is 365 g/mol. The Morgan fingerprint density at radius 1 is 0.963 bits per heavy atom. The quantitative estimate of drug-likeness (QED) is 0.854. The molecular formula is C21H23N3O3. The average Bonchev–Trinajstić information content (AvgIpc) is 2.93. The van der Waals surface area contributed by atoms with Crippen LogP contribution in [0.1, 0.15) is 36.7 Å². The second-order valence-corrected chi connectivity index (χ2v) is 7.03. The number of nitrogens with one attached hydrogen (secondary N) is 2. The Balaban J connectivity index is 1.75. The van der Waals surface area contributed by atoms with Crippen LogP contribution in [0.25, 0.3) is 0 Å². The number of anilines is 2. The summed E-state index contributed by atoms with van der Waals surface area (Å²) >= 11 is 0. The van der Waals surface area contributed by atoms with Crippen molar-refractivity contribution < 1.29 is 14.4 Å². The van der Waals surface area contributed by atoms with Crippen molar-refractivity contribution in [2.45, 2.75) is 33.4 Å². The van der Waals surface area contributed by atoms with E-state index in [0.29, 0.717) is 23.5 Å². The van der Waals surface area contributed by atoms with Gasteiger partial charge < -0.3 is 15.5 Å². The fourth-order valence-electron chi connectivity index (χ4n) is 3.36. The minimum Gasteiger partial charge on any atom is -0.326 e. The van der Waals surface area contributed by atoms with Gasteiger partial charge in [0.1, 0.15) is 6.04 Å². The van der Waals surface area contributed by atoms with Gasteiger partial charge in [0.25, 0.3) is 5.91 Å². The lowest BCUT2D eigenvalue weighted by Crippen LogP contribution is -2.47. The third-order valence-corrected chi connectivity index (χ3v) is 4.56. The number of fused-ring (bicyclic) bond motifs is 1. The molecule has 3 amide bonds. The van der Waals surface area contributed by atoms with E-state index < -0.39 is 6.04 Å². The van der Waals surface area contributed by atoms with E-state index >= 15 is 0 Å². The molecule has 0 fully saturated rings. The van der Waals surface area contributed by atoms with Gasteiger partial charge in [-0.1, -0.05) is 32.0 Å². The van der Waals surface area contributed by atoms with Gasteiger partial charge in [-0.15, -0.1) is 0 Å². The van der Waals surface area contributed by atoms with E-state index in [1.54, 1.807) is 35.2 Å². The number of nitrogens with zero attached hydrogens (tertiary/aromatic N) is 1. The maximum absolute atomic E-state index is 12.9. The molecule has 0 radical (unpaired) electrons. The molecule has 2 aromatic rings. The predicted molar refractivity (Wildman–Crippen MR) is 104 cm³/mol. The standard InChI is InChI=1S/C21H23N3O3/c1-13(2)19(24-12-15-6-4-5-7-18(15)21(24)27)20(26)23-17-10-8-16(9-11-17)22-14(3)25/h4-11,13,19H,12H2,1-3H3,(H,22,25)(H,23,26)/t19-/m1/s1. The van der Waals surface area contributed by atoms with Gasteiger partial charge in [0, 0.05) is 30.4 Å². The minimum atomic E-state index is -0.570. The van der Waals surface area contributed by atoms with Crippen LogP contribution in [0.3, 0.4) is 0 Å². The Hall–Kier alpha value is -3.15. The molecule has 1 atom stereocenters. The number of carbonyl (C=O) groups is 3. The van der Waals surface area contributed by atoms with Crippen molar-refractivity contribution in [3.63, 3.8) is 0 Å². The normalized spacial score (nSPS) is 14.1. The molecule has 0 bridgehead atoms. The largest absolute Gasteiger partial charge is 0.326 e. The van der Waals surface area contributed by atoms with Gasteiger partial charge in [0.15, 0.2) is 0 Å². The summed E-state index contributed by atoms with van der Waals surface area (Å²) in [5, 5.41) is 5.57. The van der Waals surface area contributed by atoms with Crippen molar-refractivity contribution in [3.8, 4) is 0 Å². The van der Waals surface area contributed by atoms with Gasteiger partial charge in [-0.05, 0) is 41.8 Å². The molecule has 1 aliphatic rings. The number of rotatable bonds is 5. The molecule has 2 N–H and O–H groups in total. The maximum atomic E-state index is 12.9. The molecule has 1 heterocycles. The van der Waals surface area contributed by atoms with Gasteiger partial charge in [0.05, 0.1) is 0 Å². The van der Waals surface area contributed by atoms with Crippen molar-refractivity contribution in [3.05, 3.63) is 59.7 Å². The Morgan fingerprint density at radius 2 is 1.56 bits per heavy atom. The average molecular weight is 365 g/mol. The summed E-state index contributed by atoms with van der Waals surface area (Å²) in [4.78, 5) is 38.4. The zero-order chi connectivity index (χ0) is 19.6. The van der Waals surface area contributed by atoms with Crippen LogP contribution < -0.4 is 10.6 Å². The van der Waals surface area contributed by atoms with E-state index in [1.165, 1.54) is 6.92 Å². The highest BCUT2D eigenvalue weighted by atomic mass is 16.2. The Bertz CT molecular complexity index is 874. The third kappa shape index (κ3) is 4.00. The Kier molecular flexibility index (Phi) is 5.26. The molecule has 2 aromatic carbocycles. The van der Waals surface area contributed by atoms with Gasteiger partial charge in [-0.2, -0.15) is 0 Å². The molecule has 0 aliphatic carbocycles. The summed E-state index contributed by atoms with van der Waals surface area (Å²) in [6, 6.07) is 13.8. The molecule has 6 heteroatoms. The molecule has 0 aromatic heterocycles. The second kappa shape index (κ2) is 7.61. The fourth-order valence-corrected chi connectivity index (χ4v) is 3.36. The first-order valence-corrected chi connectivity index (χ1v) is 8.94. The summed E-state index contributed by atoms with van der Waals surface area (Å²) in [5.41, 5.74) is 2.88. The first-order valence-electron chi connectivity index (χ1n) is 8.94. The first-order chi connectivity index (χ1) is 12.9. The Labute approximate surface area is 158 Å². The lowest BCUT2D eigenvalue weighted by molar-refractivity contribution is -0.122. The van der Waals surface area contributed by atoms with Crippen LogP contribution in [-0.2, 0) is 16.1 Å². The molecule has 1 aliphatic heterocycles. The zero-order valence-electron chi connectivity index (χ0n) is 15.7. The van der Waals surface area contributed by atoms with Crippen molar-refractivity contribution in [2.75, 3.05) is 10.6 Å². The highest BCUT2D eigenvalue weighted by Crippen LogP contribution is 2.27. The van der Waals surface area contributed by atoms with Crippen molar-refractivity contribution >= 4 is 29.1 Å². The highest BCUT2D eigenvalue weighted by molar-refractivity contribution is 6.03. The van der Waals surface area contributed by atoms with E-state index in [9.17, 15) is 14.4 Å². The van der Waals surface area contributed by atoms with Gasteiger partial charge in [0.2, 0.25) is 11.8 Å². The number of benzene rings is 2. The lowest BCUT2D eigenvalue weighted by Gasteiger charge is -2.30. The van der Waals surface area contributed by atoms with Crippen LogP contribution in [0.4, 0.5) is 11.4 Å². The fraction of sp³-hybridized carbons (Fsp3) is 0.286. The predicted octanol–water partition coefficient (Wildman–Crippen LogP) is 3.26. The third-order valence-electron chi connectivity index (χ3n) is 4.56. The SMILES string of the molecule is CC(=O)Nc1ccc(NC(=O)[C@@H](C(C)C)N2Cc3ccccc3C2=O)cc1. The van der Waals surface area contributed by atoms with Crippen LogP contribution >= 0.6 is 0 Å². The van der Waals surface area contributed by atoms with Gasteiger partial charge in [-0.25, -0.2) is 0 Å². The maximum Gasteiger partial charge on any atom is 0.255 e. The molecule has 140 valence electrons. The van der Waals surface area contributed by atoms with E-state index in [0.717, 1.165) is 5.56 Å². The van der Waals surface area contributed by atoms with Crippen LogP contribution in [0.15, 0.2) is 48.5 Å².